The Hall–Kier alpha value is -3.03. The van der Waals surface area contributed by atoms with Crippen molar-refractivity contribution in [3.63, 3.8) is 0 Å². The highest BCUT2D eigenvalue weighted by Crippen LogP contribution is 2.16. The van der Waals surface area contributed by atoms with Gasteiger partial charge in [0.05, 0.1) is 23.0 Å². The summed E-state index contributed by atoms with van der Waals surface area (Å²) in [7, 11) is 0. The summed E-state index contributed by atoms with van der Waals surface area (Å²) in [5.74, 6) is 0.452. The van der Waals surface area contributed by atoms with Crippen LogP contribution in [-0.4, -0.2) is 50.7 Å². The maximum atomic E-state index is 13.1. The van der Waals surface area contributed by atoms with Gasteiger partial charge < -0.3 is 10.4 Å². The Kier molecular flexibility index (Phi) is 5.89. The van der Waals surface area contributed by atoms with E-state index in [1.165, 1.54) is 5.56 Å². The topological polar surface area (TPSA) is 87.5 Å². The number of fused-ring (bicyclic) bond motifs is 2. The summed E-state index contributed by atoms with van der Waals surface area (Å²) in [6, 6.07) is 15.3. The molecule has 2 N–H and O–H groups in total. The number of amides is 1. The van der Waals surface area contributed by atoms with E-state index in [0.29, 0.717) is 29.4 Å². The first-order chi connectivity index (χ1) is 14.9. The summed E-state index contributed by atoms with van der Waals surface area (Å²) in [5, 5.41) is 12.7. The summed E-state index contributed by atoms with van der Waals surface area (Å²) < 4.78 is 1.77. The first-order valence-corrected chi connectivity index (χ1v) is 10.6. The Balaban J connectivity index is 1.59. The van der Waals surface area contributed by atoms with Gasteiger partial charge in [0.25, 0.3) is 11.5 Å². The van der Waals surface area contributed by atoms with Gasteiger partial charge >= 0.3 is 0 Å². The number of carbonyl (C=O) groups is 1. The number of aliphatic hydroxyl groups is 1. The molecule has 0 bridgehead atoms. The van der Waals surface area contributed by atoms with Crippen molar-refractivity contribution in [2.75, 3.05) is 19.7 Å². The molecule has 0 saturated heterocycles. The summed E-state index contributed by atoms with van der Waals surface area (Å²) in [6.07, 6.45) is 0.673. The van der Waals surface area contributed by atoms with E-state index in [1.807, 2.05) is 18.2 Å². The van der Waals surface area contributed by atoms with Crippen molar-refractivity contribution in [1.29, 1.82) is 0 Å². The second kappa shape index (κ2) is 8.61. The van der Waals surface area contributed by atoms with Gasteiger partial charge in [-0.05, 0) is 37.6 Å². The van der Waals surface area contributed by atoms with Crippen molar-refractivity contribution < 1.29 is 9.90 Å². The summed E-state index contributed by atoms with van der Waals surface area (Å²) >= 11 is 0. The minimum atomic E-state index is -0.727. The molecule has 7 nitrogen and oxygen atoms in total. The first kappa shape index (κ1) is 21.2. The quantitative estimate of drug-likeness (QED) is 0.659. The van der Waals surface area contributed by atoms with Crippen LogP contribution in [0.25, 0.3) is 10.9 Å². The summed E-state index contributed by atoms with van der Waals surface area (Å²) in [4.78, 5) is 32.8. The van der Waals surface area contributed by atoms with Crippen molar-refractivity contribution in [2.24, 2.45) is 0 Å². The lowest BCUT2D eigenvalue weighted by atomic mass is 10.1. The fourth-order valence-corrected chi connectivity index (χ4v) is 3.86. The largest absolute Gasteiger partial charge is 0.394 e. The van der Waals surface area contributed by atoms with Crippen LogP contribution in [0.4, 0.5) is 0 Å². The minimum absolute atomic E-state index is 0.0655. The molecular weight excluding hydrogens is 392 g/mol. The average Bonchev–Trinajstić information content (AvgIpc) is 2.96. The third-order valence-electron chi connectivity index (χ3n) is 5.68. The fraction of sp³-hybridized carbons (Fsp3) is 0.375. The third kappa shape index (κ3) is 4.68. The molecule has 1 aliphatic heterocycles. The Morgan fingerprint density at radius 2 is 1.90 bits per heavy atom. The smallest absolute Gasteiger partial charge is 0.261 e. The van der Waals surface area contributed by atoms with Gasteiger partial charge in [-0.3, -0.25) is 19.1 Å². The molecule has 1 aliphatic rings. The molecule has 162 valence electrons. The zero-order chi connectivity index (χ0) is 22.0. The van der Waals surface area contributed by atoms with Gasteiger partial charge in [0.15, 0.2) is 0 Å². The Morgan fingerprint density at radius 1 is 1.13 bits per heavy atom. The van der Waals surface area contributed by atoms with E-state index in [-0.39, 0.29) is 18.1 Å². The Labute approximate surface area is 181 Å². The molecule has 2 aromatic carbocycles. The second-order valence-electron chi connectivity index (χ2n) is 8.72. The van der Waals surface area contributed by atoms with Crippen LogP contribution < -0.4 is 10.9 Å². The van der Waals surface area contributed by atoms with Crippen LogP contribution in [0.1, 0.15) is 35.6 Å². The van der Waals surface area contributed by atoms with Gasteiger partial charge in [-0.2, -0.15) is 0 Å². The molecule has 31 heavy (non-hydrogen) atoms. The number of hydrogen-bond acceptors (Lipinski definition) is 5. The monoisotopic (exact) mass is 420 g/mol. The third-order valence-corrected chi connectivity index (χ3v) is 5.68. The maximum absolute atomic E-state index is 13.1. The van der Waals surface area contributed by atoms with Crippen LogP contribution in [0.3, 0.4) is 0 Å². The van der Waals surface area contributed by atoms with Gasteiger partial charge in [-0.1, -0.05) is 30.3 Å². The molecule has 4 rings (SSSR count). The molecule has 0 radical (unpaired) electrons. The maximum Gasteiger partial charge on any atom is 0.261 e. The minimum Gasteiger partial charge on any atom is -0.394 e. The zero-order valence-electron chi connectivity index (χ0n) is 18.0. The van der Waals surface area contributed by atoms with Gasteiger partial charge in [0.2, 0.25) is 0 Å². The van der Waals surface area contributed by atoms with E-state index in [2.05, 4.69) is 22.3 Å². The number of aliphatic hydroxyl groups excluding tert-OH is 1. The highest BCUT2D eigenvalue weighted by molar-refractivity contribution is 5.98. The normalized spacial score (nSPS) is 14.8. The van der Waals surface area contributed by atoms with E-state index in [4.69, 9.17) is 4.98 Å². The number of nitrogens with zero attached hydrogens (tertiary/aromatic N) is 3. The highest BCUT2D eigenvalue weighted by atomic mass is 16.3. The molecule has 0 aliphatic carbocycles. The average molecular weight is 421 g/mol. The molecule has 2 heterocycles. The van der Waals surface area contributed by atoms with Crippen molar-refractivity contribution >= 4 is 16.8 Å². The lowest BCUT2D eigenvalue weighted by Gasteiger charge is -2.23. The zero-order valence-corrected chi connectivity index (χ0v) is 18.0. The number of benzene rings is 2. The molecule has 3 aromatic rings. The van der Waals surface area contributed by atoms with E-state index in [0.717, 1.165) is 25.5 Å². The van der Waals surface area contributed by atoms with Crippen molar-refractivity contribution in [3.8, 4) is 0 Å². The van der Waals surface area contributed by atoms with Crippen LogP contribution in [0.5, 0.6) is 0 Å². The summed E-state index contributed by atoms with van der Waals surface area (Å²) in [5.41, 5.74) is 1.41. The second-order valence-corrected chi connectivity index (χ2v) is 8.72. The highest BCUT2D eigenvalue weighted by Gasteiger charge is 2.22. The van der Waals surface area contributed by atoms with Crippen molar-refractivity contribution in [1.82, 2.24) is 19.8 Å². The Bertz CT molecular complexity index is 1150. The SMILES string of the molecule is CC(C)(CO)NC(=O)c1ccc2c(=O)n3c(nc2c1)CCN(Cc1ccccc1)CC3. The van der Waals surface area contributed by atoms with Crippen molar-refractivity contribution in [3.05, 3.63) is 75.8 Å². The van der Waals surface area contributed by atoms with Crippen molar-refractivity contribution in [2.45, 2.75) is 38.9 Å². The van der Waals surface area contributed by atoms with Crippen LogP contribution in [-0.2, 0) is 19.5 Å². The van der Waals surface area contributed by atoms with E-state index < -0.39 is 5.54 Å². The lowest BCUT2D eigenvalue weighted by Crippen LogP contribution is -2.46. The molecule has 0 unspecified atom stereocenters. The molecular formula is C24H28N4O3. The molecule has 0 saturated carbocycles. The van der Waals surface area contributed by atoms with Gasteiger partial charge in [-0.25, -0.2) is 4.98 Å². The van der Waals surface area contributed by atoms with Crippen LogP contribution >= 0.6 is 0 Å². The molecule has 0 atom stereocenters. The van der Waals surface area contributed by atoms with Gasteiger partial charge in [0.1, 0.15) is 5.82 Å². The van der Waals surface area contributed by atoms with E-state index in [1.54, 1.807) is 36.6 Å². The number of aromatic nitrogens is 2. The van der Waals surface area contributed by atoms with Gasteiger partial charge in [-0.15, -0.1) is 0 Å². The number of carbonyl (C=O) groups excluding carboxylic acids is 1. The number of rotatable bonds is 5. The molecule has 1 amide bonds. The van der Waals surface area contributed by atoms with Crippen LogP contribution in [0.2, 0.25) is 0 Å². The van der Waals surface area contributed by atoms with Crippen LogP contribution in [0, 0.1) is 0 Å². The van der Waals surface area contributed by atoms with Crippen LogP contribution in [0.15, 0.2) is 53.3 Å². The number of hydrogen-bond donors (Lipinski definition) is 2. The molecule has 0 fully saturated rings. The number of nitrogens with one attached hydrogen (secondary N) is 1. The van der Waals surface area contributed by atoms with Gasteiger partial charge in [0, 0.05) is 38.2 Å². The standard InChI is InChI=1S/C24H28N4O3/c1-24(2,16-29)26-22(30)18-8-9-19-20(14-18)25-21-10-11-27(12-13-28(21)23(19)31)15-17-6-4-3-5-7-17/h3-9,14,29H,10-13,15-16H2,1-2H3,(H,26,30). The summed E-state index contributed by atoms with van der Waals surface area (Å²) in [6.45, 7) is 6.36. The van der Waals surface area contributed by atoms with E-state index >= 15 is 0 Å². The lowest BCUT2D eigenvalue weighted by molar-refractivity contribution is 0.0869. The molecule has 1 aromatic heterocycles. The first-order valence-electron chi connectivity index (χ1n) is 10.6. The fourth-order valence-electron chi connectivity index (χ4n) is 3.86. The van der Waals surface area contributed by atoms with E-state index in [9.17, 15) is 14.7 Å². The molecule has 0 spiro atoms. The Morgan fingerprint density at radius 3 is 2.65 bits per heavy atom. The predicted octanol–water partition coefficient (Wildman–Crippen LogP) is 1.96. The molecule has 7 heteroatoms. The predicted molar refractivity (Wildman–Crippen MR) is 120 cm³/mol.